The molecule has 0 spiro atoms. The highest BCUT2D eigenvalue weighted by Crippen LogP contribution is 2.26. The lowest BCUT2D eigenvalue weighted by atomic mass is 10.0. The fourth-order valence-corrected chi connectivity index (χ4v) is 2.97. The molecule has 2 heterocycles. The molecule has 1 fully saturated rings. The number of anilines is 1. The summed E-state index contributed by atoms with van der Waals surface area (Å²) in [5.41, 5.74) is 8.54. The average molecular weight is 288 g/mol. The van der Waals surface area contributed by atoms with Crippen molar-refractivity contribution in [3.63, 3.8) is 0 Å². The van der Waals surface area contributed by atoms with Crippen molar-refractivity contribution in [2.45, 2.75) is 32.7 Å². The summed E-state index contributed by atoms with van der Waals surface area (Å²) in [6.07, 6.45) is 1.60. The molecule has 21 heavy (non-hydrogen) atoms. The first-order valence-electron chi connectivity index (χ1n) is 7.59. The van der Waals surface area contributed by atoms with Crippen molar-refractivity contribution < 1.29 is 0 Å². The van der Waals surface area contributed by atoms with Gasteiger partial charge in [-0.1, -0.05) is 13.8 Å². The van der Waals surface area contributed by atoms with Crippen molar-refractivity contribution >= 4 is 5.82 Å². The molecule has 0 saturated carbocycles. The molecular formula is C15H24N6. The van der Waals surface area contributed by atoms with Crippen LogP contribution in [0.3, 0.4) is 0 Å². The number of hydrogen-bond donors (Lipinski definition) is 1. The van der Waals surface area contributed by atoms with Crippen molar-refractivity contribution in [3.8, 4) is 6.07 Å². The van der Waals surface area contributed by atoms with E-state index in [1.54, 1.807) is 0 Å². The molecule has 1 atom stereocenters. The molecule has 2 N–H and O–H groups in total. The van der Waals surface area contributed by atoms with Gasteiger partial charge >= 0.3 is 0 Å². The Morgan fingerprint density at radius 2 is 2.05 bits per heavy atom. The highest BCUT2D eigenvalue weighted by atomic mass is 15.3. The Labute approximate surface area is 126 Å². The van der Waals surface area contributed by atoms with Crippen molar-refractivity contribution in [2.24, 2.45) is 5.73 Å². The monoisotopic (exact) mass is 288 g/mol. The molecule has 114 valence electrons. The molecule has 0 bridgehead atoms. The minimum absolute atomic E-state index is 0.183. The van der Waals surface area contributed by atoms with Crippen LogP contribution in [0.2, 0.25) is 0 Å². The number of nitrogens with zero attached hydrogens (tertiary/aromatic N) is 5. The number of hydrogen-bond acceptors (Lipinski definition) is 6. The van der Waals surface area contributed by atoms with Crippen LogP contribution in [0.5, 0.6) is 0 Å². The third-order valence-corrected chi connectivity index (χ3v) is 4.17. The summed E-state index contributed by atoms with van der Waals surface area (Å²) in [5, 5.41) is 18.3. The average Bonchev–Trinajstić information content (AvgIpc) is 2.53. The fourth-order valence-electron chi connectivity index (χ4n) is 2.97. The highest BCUT2D eigenvalue weighted by molar-refractivity contribution is 5.59. The summed E-state index contributed by atoms with van der Waals surface area (Å²) in [6.45, 7) is 7.32. The summed E-state index contributed by atoms with van der Waals surface area (Å²) in [7, 11) is 2.09. The Morgan fingerprint density at radius 1 is 1.29 bits per heavy atom. The molecule has 1 aromatic rings. The van der Waals surface area contributed by atoms with Crippen LogP contribution in [0.15, 0.2) is 0 Å². The van der Waals surface area contributed by atoms with E-state index in [1.165, 1.54) is 0 Å². The molecule has 0 radical (unpaired) electrons. The summed E-state index contributed by atoms with van der Waals surface area (Å²) >= 11 is 0. The standard InChI is InChI=1S/C15H24N6/c1-4-12-13(9-17)15(19-18-14(12)5-2)21-7-6-20(3)10-11(21)8-16/h11H,4-8,10,16H2,1-3H3. The van der Waals surface area contributed by atoms with E-state index in [4.69, 9.17) is 5.73 Å². The molecule has 2 rings (SSSR count). The smallest absolute Gasteiger partial charge is 0.169 e. The Hall–Kier alpha value is -1.71. The van der Waals surface area contributed by atoms with Crippen LogP contribution in [0.25, 0.3) is 0 Å². The molecule has 0 aliphatic carbocycles. The zero-order chi connectivity index (χ0) is 15.4. The molecule has 1 aromatic heterocycles. The van der Waals surface area contributed by atoms with Gasteiger partial charge in [-0.2, -0.15) is 10.4 Å². The van der Waals surface area contributed by atoms with E-state index in [9.17, 15) is 5.26 Å². The molecule has 1 aliphatic heterocycles. The lowest BCUT2D eigenvalue weighted by Crippen LogP contribution is -2.55. The van der Waals surface area contributed by atoms with E-state index in [1.807, 2.05) is 6.92 Å². The van der Waals surface area contributed by atoms with E-state index in [0.717, 1.165) is 43.7 Å². The van der Waals surface area contributed by atoms with Gasteiger partial charge in [0, 0.05) is 26.2 Å². The number of likely N-dealkylation sites (N-methyl/N-ethyl adjacent to an activating group) is 1. The summed E-state index contributed by atoms with van der Waals surface area (Å²) in [6, 6.07) is 2.53. The van der Waals surface area contributed by atoms with Crippen LogP contribution in [0.4, 0.5) is 5.82 Å². The summed E-state index contributed by atoms with van der Waals surface area (Å²) in [4.78, 5) is 4.42. The number of nitrogens with two attached hydrogens (primary N) is 1. The van der Waals surface area contributed by atoms with Gasteiger partial charge in [-0.3, -0.25) is 0 Å². The molecule has 0 amide bonds. The van der Waals surface area contributed by atoms with Gasteiger partial charge in [-0.05, 0) is 25.5 Å². The van der Waals surface area contributed by atoms with E-state index < -0.39 is 0 Å². The maximum absolute atomic E-state index is 9.61. The van der Waals surface area contributed by atoms with Gasteiger partial charge in [0.1, 0.15) is 11.6 Å². The van der Waals surface area contributed by atoms with Crippen LogP contribution in [-0.2, 0) is 12.8 Å². The van der Waals surface area contributed by atoms with Gasteiger partial charge in [0.25, 0.3) is 0 Å². The first-order chi connectivity index (χ1) is 10.2. The van der Waals surface area contributed by atoms with Crippen LogP contribution < -0.4 is 10.6 Å². The lowest BCUT2D eigenvalue weighted by molar-refractivity contribution is 0.268. The van der Waals surface area contributed by atoms with Gasteiger partial charge in [0.05, 0.1) is 11.7 Å². The SMILES string of the molecule is CCc1nnc(N2CCN(C)CC2CN)c(C#N)c1CC. The van der Waals surface area contributed by atoms with Crippen LogP contribution in [0.1, 0.15) is 30.7 Å². The zero-order valence-corrected chi connectivity index (χ0v) is 13.1. The number of nitriles is 1. The van der Waals surface area contributed by atoms with Crippen molar-refractivity contribution in [1.29, 1.82) is 5.26 Å². The summed E-state index contributed by atoms with van der Waals surface area (Å²) in [5.74, 6) is 0.704. The number of aryl methyl sites for hydroxylation is 1. The van der Waals surface area contributed by atoms with Crippen LogP contribution in [0, 0.1) is 11.3 Å². The maximum Gasteiger partial charge on any atom is 0.169 e. The zero-order valence-electron chi connectivity index (χ0n) is 13.1. The van der Waals surface area contributed by atoms with Crippen LogP contribution >= 0.6 is 0 Å². The Balaban J connectivity index is 2.46. The van der Waals surface area contributed by atoms with Gasteiger partial charge in [-0.15, -0.1) is 5.10 Å². The molecule has 6 heteroatoms. The van der Waals surface area contributed by atoms with Gasteiger partial charge < -0.3 is 15.5 Å². The quantitative estimate of drug-likeness (QED) is 0.871. The van der Waals surface area contributed by atoms with E-state index in [0.29, 0.717) is 17.9 Å². The second-order valence-electron chi connectivity index (χ2n) is 5.49. The van der Waals surface area contributed by atoms with Gasteiger partial charge in [-0.25, -0.2) is 0 Å². The number of piperazine rings is 1. The molecule has 1 aliphatic rings. The van der Waals surface area contributed by atoms with Crippen molar-refractivity contribution in [3.05, 3.63) is 16.8 Å². The topological polar surface area (TPSA) is 82.1 Å². The second-order valence-corrected chi connectivity index (χ2v) is 5.49. The Bertz CT molecular complexity index is 536. The first-order valence-corrected chi connectivity index (χ1v) is 7.59. The number of rotatable bonds is 4. The largest absolute Gasteiger partial charge is 0.347 e. The number of aromatic nitrogens is 2. The molecular weight excluding hydrogens is 264 g/mol. The second kappa shape index (κ2) is 6.83. The van der Waals surface area contributed by atoms with Crippen LogP contribution in [-0.4, -0.2) is 54.4 Å². The van der Waals surface area contributed by atoms with E-state index in [2.05, 4.69) is 40.0 Å². The molecule has 1 unspecified atom stereocenters. The van der Waals surface area contributed by atoms with Crippen molar-refractivity contribution in [1.82, 2.24) is 15.1 Å². The first kappa shape index (κ1) is 15.7. The van der Waals surface area contributed by atoms with E-state index in [-0.39, 0.29) is 6.04 Å². The molecule has 0 aromatic carbocycles. The lowest BCUT2D eigenvalue weighted by Gasteiger charge is -2.40. The highest BCUT2D eigenvalue weighted by Gasteiger charge is 2.28. The minimum Gasteiger partial charge on any atom is -0.347 e. The predicted molar refractivity (Wildman–Crippen MR) is 83.2 cm³/mol. The van der Waals surface area contributed by atoms with Crippen molar-refractivity contribution in [2.75, 3.05) is 38.1 Å². The Kier molecular flexibility index (Phi) is 5.10. The minimum atomic E-state index is 0.183. The normalized spacial score (nSPS) is 19.6. The maximum atomic E-state index is 9.61. The fraction of sp³-hybridized carbons (Fsp3) is 0.667. The summed E-state index contributed by atoms with van der Waals surface area (Å²) < 4.78 is 0. The third-order valence-electron chi connectivity index (χ3n) is 4.17. The third kappa shape index (κ3) is 2.99. The van der Waals surface area contributed by atoms with E-state index >= 15 is 0 Å². The Morgan fingerprint density at radius 3 is 2.62 bits per heavy atom. The van der Waals surface area contributed by atoms with Gasteiger partial charge in [0.15, 0.2) is 5.82 Å². The molecule has 1 saturated heterocycles. The van der Waals surface area contributed by atoms with Gasteiger partial charge in [0.2, 0.25) is 0 Å². The molecule has 6 nitrogen and oxygen atoms in total. The predicted octanol–water partition coefficient (Wildman–Crippen LogP) is 0.552.